The van der Waals surface area contributed by atoms with E-state index in [0.29, 0.717) is 0 Å². The first kappa shape index (κ1) is 22.0. The van der Waals surface area contributed by atoms with Crippen LogP contribution in [0.15, 0.2) is 0 Å². The number of carbonyl (C=O) groups is 1. The molecular formula is C16H33Cl2N3O. The molecule has 1 aliphatic carbocycles. The number of hydrogen-bond donors (Lipinski definition) is 2. The Labute approximate surface area is 147 Å². The normalized spacial score (nSPS) is 26.2. The molecule has 2 rings (SSSR count). The Morgan fingerprint density at radius 3 is 2.50 bits per heavy atom. The SMILES string of the molecule is CC1CCCN(CC(C)NC(=O)C2(N)CCCCC2)C1.Cl.Cl. The van der Waals surface area contributed by atoms with Crippen molar-refractivity contribution in [1.82, 2.24) is 10.2 Å². The lowest BCUT2D eigenvalue weighted by atomic mass is 9.82. The third-order valence-electron chi connectivity index (χ3n) is 4.85. The van der Waals surface area contributed by atoms with E-state index < -0.39 is 5.54 Å². The van der Waals surface area contributed by atoms with Crippen molar-refractivity contribution in [1.29, 1.82) is 0 Å². The lowest BCUT2D eigenvalue weighted by Crippen LogP contribution is -2.58. The average molecular weight is 354 g/mol. The summed E-state index contributed by atoms with van der Waals surface area (Å²) in [5, 5.41) is 3.15. The molecule has 2 unspecified atom stereocenters. The first-order chi connectivity index (χ1) is 9.49. The number of halogens is 2. The molecule has 0 spiro atoms. The number of nitrogens with two attached hydrogens (primary N) is 1. The van der Waals surface area contributed by atoms with Crippen molar-refractivity contribution in [2.75, 3.05) is 19.6 Å². The van der Waals surface area contributed by atoms with E-state index in [0.717, 1.165) is 51.2 Å². The molecule has 1 amide bonds. The summed E-state index contributed by atoms with van der Waals surface area (Å²) in [6.07, 6.45) is 7.68. The fraction of sp³-hybridized carbons (Fsp3) is 0.938. The van der Waals surface area contributed by atoms with Crippen molar-refractivity contribution in [3.05, 3.63) is 0 Å². The molecule has 132 valence electrons. The van der Waals surface area contributed by atoms with Crippen LogP contribution < -0.4 is 11.1 Å². The molecule has 0 bridgehead atoms. The van der Waals surface area contributed by atoms with Gasteiger partial charge in [-0.2, -0.15) is 0 Å². The van der Waals surface area contributed by atoms with Crippen LogP contribution >= 0.6 is 24.8 Å². The highest BCUT2D eigenvalue weighted by Gasteiger charge is 2.35. The minimum Gasteiger partial charge on any atom is -0.351 e. The van der Waals surface area contributed by atoms with E-state index in [9.17, 15) is 4.79 Å². The van der Waals surface area contributed by atoms with Crippen LogP contribution in [0.4, 0.5) is 0 Å². The van der Waals surface area contributed by atoms with Gasteiger partial charge in [0, 0.05) is 19.1 Å². The van der Waals surface area contributed by atoms with E-state index in [1.54, 1.807) is 0 Å². The molecule has 1 saturated carbocycles. The number of amides is 1. The van der Waals surface area contributed by atoms with Crippen LogP contribution in [0.2, 0.25) is 0 Å². The zero-order valence-electron chi connectivity index (χ0n) is 14.0. The van der Waals surface area contributed by atoms with Crippen LogP contribution in [0.1, 0.15) is 58.8 Å². The molecule has 22 heavy (non-hydrogen) atoms. The Balaban J connectivity index is 0.00000220. The summed E-state index contributed by atoms with van der Waals surface area (Å²) < 4.78 is 0. The number of nitrogens with zero attached hydrogens (tertiary/aromatic N) is 1. The van der Waals surface area contributed by atoms with Crippen LogP contribution in [-0.2, 0) is 4.79 Å². The predicted molar refractivity (Wildman–Crippen MR) is 96.9 cm³/mol. The van der Waals surface area contributed by atoms with E-state index in [1.807, 2.05) is 0 Å². The molecule has 0 radical (unpaired) electrons. The van der Waals surface area contributed by atoms with E-state index in [-0.39, 0.29) is 36.8 Å². The highest BCUT2D eigenvalue weighted by molar-refractivity contribution is 5.86. The molecule has 2 atom stereocenters. The number of nitrogens with one attached hydrogen (secondary N) is 1. The summed E-state index contributed by atoms with van der Waals surface area (Å²) in [4.78, 5) is 14.9. The molecule has 4 nitrogen and oxygen atoms in total. The van der Waals surface area contributed by atoms with Gasteiger partial charge in [0.15, 0.2) is 0 Å². The summed E-state index contributed by atoms with van der Waals surface area (Å²) in [5.41, 5.74) is 5.67. The van der Waals surface area contributed by atoms with Crippen molar-refractivity contribution >= 4 is 30.7 Å². The van der Waals surface area contributed by atoms with Crippen LogP contribution in [0.5, 0.6) is 0 Å². The molecule has 0 aromatic rings. The lowest BCUT2D eigenvalue weighted by Gasteiger charge is -2.35. The topological polar surface area (TPSA) is 58.4 Å². The largest absolute Gasteiger partial charge is 0.351 e. The van der Waals surface area contributed by atoms with Gasteiger partial charge in [0.05, 0.1) is 5.54 Å². The van der Waals surface area contributed by atoms with Crippen molar-refractivity contribution < 1.29 is 4.79 Å². The monoisotopic (exact) mass is 353 g/mol. The maximum Gasteiger partial charge on any atom is 0.240 e. The highest BCUT2D eigenvalue weighted by Crippen LogP contribution is 2.26. The Kier molecular flexibility index (Phi) is 9.95. The van der Waals surface area contributed by atoms with Gasteiger partial charge in [-0.15, -0.1) is 24.8 Å². The van der Waals surface area contributed by atoms with Crippen LogP contribution in [0.3, 0.4) is 0 Å². The van der Waals surface area contributed by atoms with Crippen molar-refractivity contribution in [2.24, 2.45) is 11.7 Å². The molecule has 6 heteroatoms. The molecule has 1 heterocycles. The first-order valence-electron chi connectivity index (χ1n) is 8.32. The number of hydrogen-bond acceptors (Lipinski definition) is 3. The van der Waals surface area contributed by atoms with Gasteiger partial charge in [-0.05, 0) is 45.1 Å². The fourth-order valence-corrected chi connectivity index (χ4v) is 3.66. The van der Waals surface area contributed by atoms with Crippen molar-refractivity contribution in [2.45, 2.75) is 70.4 Å². The van der Waals surface area contributed by atoms with Gasteiger partial charge in [-0.25, -0.2) is 0 Å². The van der Waals surface area contributed by atoms with Crippen LogP contribution in [0, 0.1) is 5.92 Å². The third-order valence-corrected chi connectivity index (χ3v) is 4.85. The second kappa shape index (κ2) is 9.96. The molecule has 2 aliphatic rings. The van der Waals surface area contributed by atoms with E-state index >= 15 is 0 Å². The minimum absolute atomic E-state index is 0. The molecule has 1 aliphatic heterocycles. The van der Waals surface area contributed by atoms with E-state index in [1.165, 1.54) is 19.3 Å². The second-order valence-electron chi connectivity index (χ2n) is 7.10. The average Bonchev–Trinajstić information content (AvgIpc) is 2.39. The van der Waals surface area contributed by atoms with Gasteiger partial charge < -0.3 is 16.0 Å². The number of likely N-dealkylation sites (tertiary alicyclic amines) is 1. The van der Waals surface area contributed by atoms with Crippen LogP contribution in [-0.4, -0.2) is 42.0 Å². The molecule has 0 aromatic carbocycles. The third kappa shape index (κ3) is 6.23. The van der Waals surface area contributed by atoms with Crippen molar-refractivity contribution in [3.63, 3.8) is 0 Å². The highest BCUT2D eigenvalue weighted by atomic mass is 35.5. The maximum absolute atomic E-state index is 12.4. The van der Waals surface area contributed by atoms with Gasteiger partial charge in [0.25, 0.3) is 0 Å². The summed E-state index contributed by atoms with van der Waals surface area (Å²) >= 11 is 0. The molecule has 1 saturated heterocycles. The Morgan fingerprint density at radius 1 is 1.27 bits per heavy atom. The quantitative estimate of drug-likeness (QED) is 0.816. The van der Waals surface area contributed by atoms with Gasteiger partial charge in [0.2, 0.25) is 5.91 Å². The molecular weight excluding hydrogens is 321 g/mol. The second-order valence-corrected chi connectivity index (χ2v) is 7.10. The Hall–Kier alpha value is -0.0300. The number of rotatable bonds is 4. The summed E-state index contributed by atoms with van der Waals surface area (Å²) in [6, 6.07) is 0.190. The van der Waals surface area contributed by atoms with Crippen molar-refractivity contribution in [3.8, 4) is 0 Å². The standard InChI is InChI=1S/C16H31N3O.2ClH/c1-13-7-6-10-19(11-13)12-14(2)18-15(20)16(17)8-4-3-5-9-16;;/h13-14H,3-12,17H2,1-2H3,(H,18,20);2*1H. The van der Waals surface area contributed by atoms with Gasteiger partial charge in [-0.3, -0.25) is 4.79 Å². The van der Waals surface area contributed by atoms with E-state index in [2.05, 4.69) is 24.1 Å². The van der Waals surface area contributed by atoms with Gasteiger partial charge in [0.1, 0.15) is 0 Å². The Bertz CT molecular complexity index is 335. The zero-order chi connectivity index (χ0) is 14.6. The predicted octanol–water partition coefficient (Wildman–Crippen LogP) is 2.73. The number of piperidine rings is 1. The minimum atomic E-state index is -0.609. The summed E-state index contributed by atoms with van der Waals surface area (Å²) in [6.45, 7) is 7.69. The Morgan fingerprint density at radius 2 is 1.91 bits per heavy atom. The fourth-order valence-electron chi connectivity index (χ4n) is 3.66. The van der Waals surface area contributed by atoms with Crippen LogP contribution in [0.25, 0.3) is 0 Å². The molecule has 3 N–H and O–H groups in total. The lowest BCUT2D eigenvalue weighted by molar-refractivity contribution is -0.128. The summed E-state index contributed by atoms with van der Waals surface area (Å²) in [7, 11) is 0. The van der Waals surface area contributed by atoms with Gasteiger partial charge >= 0.3 is 0 Å². The molecule has 0 aromatic heterocycles. The van der Waals surface area contributed by atoms with E-state index in [4.69, 9.17) is 5.73 Å². The molecule has 2 fully saturated rings. The maximum atomic E-state index is 12.4. The summed E-state index contributed by atoms with van der Waals surface area (Å²) in [5.74, 6) is 0.848. The number of carbonyl (C=O) groups excluding carboxylic acids is 1. The smallest absolute Gasteiger partial charge is 0.240 e. The zero-order valence-corrected chi connectivity index (χ0v) is 15.6. The first-order valence-corrected chi connectivity index (χ1v) is 8.32. The van der Waals surface area contributed by atoms with Gasteiger partial charge in [-0.1, -0.05) is 26.2 Å².